The lowest BCUT2D eigenvalue weighted by atomic mass is 10.1. The normalized spacial score (nSPS) is 21.2. The minimum absolute atomic E-state index is 0.0312. The van der Waals surface area contributed by atoms with Gasteiger partial charge in [-0.1, -0.05) is 12.1 Å². The fourth-order valence-corrected chi connectivity index (χ4v) is 1.68. The summed E-state index contributed by atoms with van der Waals surface area (Å²) in [6.45, 7) is 1.93. The molecule has 1 saturated heterocycles. The van der Waals surface area contributed by atoms with E-state index in [1.165, 1.54) is 12.1 Å². The number of morpholine rings is 1. The van der Waals surface area contributed by atoms with E-state index >= 15 is 0 Å². The summed E-state index contributed by atoms with van der Waals surface area (Å²) in [5, 5.41) is 3.22. The van der Waals surface area contributed by atoms with Crippen molar-refractivity contribution in [1.29, 1.82) is 0 Å². The second-order valence-electron chi connectivity index (χ2n) is 3.70. The minimum atomic E-state index is -4.65. The van der Waals surface area contributed by atoms with E-state index < -0.39 is 6.36 Å². The Balaban J connectivity index is 2.02. The Hall–Kier alpha value is -1.27. The SMILES string of the molecule is FC(F)(F)Oc1ccc([C@H]2COCCN2)cc1. The van der Waals surface area contributed by atoms with Gasteiger partial charge < -0.3 is 14.8 Å². The zero-order valence-electron chi connectivity index (χ0n) is 8.96. The van der Waals surface area contributed by atoms with Gasteiger partial charge in [0, 0.05) is 6.54 Å². The molecule has 1 heterocycles. The number of hydrogen-bond donors (Lipinski definition) is 1. The molecular weight excluding hydrogens is 235 g/mol. The molecule has 1 aromatic rings. The molecule has 0 amide bonds. The summed E-state index contributed by atoms with van der Waals surface area (Å²) >= 11 is 0. The predicted octanol–water partition coefficient (Wildman–Crippen LogP) is 2.25. The molecule has 0 aliphatic carbocycles. The quantitative estimate of drug-likeness (QED) is 0.869. The summed E-state index contributed by atoms with van der Waals surface area (Å²) < 4.78 is 44.9. The zero-order chi connectivity index (χ0) is 12.3. The summed E-state index contributed by atoms with van der Waals surface area (Å²) in [6.07, 6.45) is -4.65. The van der Waals surface area contributed by atoms with Crippen LogP contribution in [0.3, 0.4) is 0 Å². The molecule has 0 saturated carbocycles. The average molecular weight is 247 g/mol. The Morgan fingerprint density at radius 1 is 1.24 bits per heavy atom. The van der Waals surface area contributed by atoms with Crippen molar-refractivity contribution in [3.05, 3.63) is 29.8 Å². The second-order valence-corrected chi connectivity index (χ2v) is 3.70. The number of rotatable bonds is 2. The average Bonchev–Trinajstić information content (AvgIpc) is 2.29. The van der Waals surface area contributed by atoms with Crippen LogP contribution in [0.5, 0.6) is 5.75 Å². The molecule has 1 atom stereocenters. The second kappa shape index (κ2) is 4.93. The van der Waals surface area contributed by atoms with Gasteiger partial charge in [-0.05, 0) is 17.7 Å². The van der Waals surface area contributed by atoms with Crippen molar-refractivity contribution in [2.24, 2.45) is 0 Å². The van der Waals surface area contributed by atoms with Gasteiger partial charge in [-0.3, -0.25) is 0 Å². The number of alkyl halides is 3. The molecule has 1 aliphatic heterocycles. The highest BCUT2D eigenvalue weighted by atomic mass is 19.4. The first-order valence-corrected chi connectivity index (χ1v) is 5.21. The monoisotopic (exact) mass is 247 g/mol. The molecule has 1 aliphatic rings. The highest BCUT2D eigenvalue weighted by molar-refractivity contribution is 5.29. The highest BCUT2D eigenvalue weighted by Gasteiger charge is 2.31. The summed E-state index contributed by atoms with van der Waals surface area (Å²) in [5.41, 5.74) is 0.888. The highest BCUT2D eigenvalue weighted by Crippen LogP contribution is 2.24. The Morgan fingerprint density at radius 3 is 2.47 bits per heavy atom. The number of hydrogen-bond acceptors (Lipinski definition) is 3. The number of halogens is 3. The first-order valence-electron chi connectivity index (χ1n) is 5.21. The van der Waals surface area contributed by atoms with E-state index in [9.17, 15) is 13.2 Å². The minimum Gasteiger partial charge on any atom is -0.406 e. The summed E-state index contributed by atoms with van der Waals surface area (Å²) in [6, 6.07) is 5.85. The molecule has 2 rings (SSSR count). The molecule has 0 unspecified atom stereocenters. The lowest BCUT2D eigenvalue weighted by molar-refractivity contribution is -0.274. The van der Waals surface area contributed by atoms with Crippen LogP contribution in [0.25, 0.3) is 0 Å². The molecule has 1 fully saturated rings. The van der Waals surface area contributed by atoms with Crippen LogP contribution >= 0.6 is 0 Å². The largest absolute Gasteiger partial charge is 0.573 e. The number of benzene rings is 1. The fraction of sp³-hybridized carbons (Fsp3) is 0.455. The van der Waals surface area contributed by atoms with Crippen molar-refractivity contribution in [3.63, 3.8) is 0 Å². The van der Waals surface area contributed by atoms with Gasteiger partial charge in [-0.15, -0.1) is 13.2 Å². The first-order chi connectivity index (χ1) is 8.04. The maximum atomic E-state index is 11.9. The molecule has 0 aromatic heterocycles. The maximum Gasteiger partial charge on any atom is 0.573 e. The lowest BCUT2D eigenvalue weighted by Crippen LogP contribution is -2.34. The molecule has 0 bridgehead atoms. The molecular formula is C11H12F3NO2. The molecule has 1 N–H and O–H groups in total. The van der Waals surface area contributed by atoms with Crippen molar-refractivity contribution in [1.82, 2.24) is 5.32 Å². The Labute approximate surface area is 96.5 Å². The number of ether oxygens (including phenoxy) is 2. The Kier molecular flexibility index (Phi) is 3.54. The standard InChI is InChI=1S/C11H12F3NO2/c12-11(13,14)17-9-3-1-8(2-4-9)10-7-16-6-5-15-10/h1-4,10,15H,5-7H2/t10-/m1/s1. The fourth-order valence-electron chi connectivity index (χ4n) is 1.68. The topological polar surface area (TPSA) is 30.5 Å². The van der Waals surface area contributed by atoms with Crippen LogP contribution in [0.1, 0.15) is 11.6 Å². The van der Waals surface area contributed by atoms with Crippen LogP contribution in [-0.4, -0.2) is 26.1 Å². The van der Waals surface area contributed by atoms with Gasteiger partial charge >= 0.3 is 6.36 Å². The maximum absolute atomic E-state index is 11.9. The van der Waals surface area contributed by atoms with Crippen LogP contribution in [-0.2, 0) is 4.74 Å². The molecule has 17 heavy (non-hydrogen) atoms. The van der Waals surface area contributed by atoms with Crippen LogP contribution in [0, 0.1) is 0 Å². The van der Waals surface area contributed by atoms with Gasteiger partial charge in [0.1, 0.15) is 5.75 Å². The van der Waals surface area contributed by atoms with Crippen molar-refractivity contribution in [2.45, 2.75) is 12.4 Å². The van der Waals surface area contributed by atoms with Crippen LogP contribution in [0.4, 0.5) is 13.2 Å². The van der Waals surface area contributed by atoms with E-state index in [2.05, 4.69) is 10.1 Å². The Bertz CT molecular complexity index is 358. The Morgan fingerprint density at radius 2 is 1.94 bits per heavy atom. The third-order valence-electron chi connectivity index (χ3n) is 2.44. The molecule has 0 radical (unpaired) electrons. The van der Waals surface area contributed by atoms with Crippen LogP contribution in [0.15, 0.2) is 24.3 Å². The molecule has 3 nitrogen and oxygen atoms in total. The van der Waals surface area contributed by atoms with E-state index in [1.807, 2.05) is 0 Å². The van der Waals surface area contributed by atoms with Crippen LogP contribution < -0.4 is 10.1 Å². The molecule has 94 valence electrons. The summed E-state index contributed by atoms with van der Waals surface area (Å²) in [4.78, 5) is 0. The van der Waals surface area contributed by atoms with E-state index in [0.29, 0.717) is 13.2 Å². The molecule has 0 spiro atoms. The lowest BCUT2D eigenvalue weighted by Gasteiger charge is -2.24. The van der Waals surface area contributed by atoms with E-state index in [1.54, 1.807) is 12.1 Å². The summed E-state index contributed by atoms with van der Waals surface area (Å²) in [5.74, 6) is -0.210. The van der Waals surface area contributed by atoms with Crippen molar-refractivity contribution < 1.29 is 22.6 Å². The van der Waals surface area contributed by atoms with Crippen molar-refractivity contribution in [2.75, 3.05) is 19.8 Å². The predicted molar refractivity (Wildman–Crippen MR) is 54.7 cm³/mol. The van der Waals surface area contributed by atoms with E-state index in [0.717, 1.165) is 12.1 Å². The zero-order valence-corrected chi connectivity index (χ0v) is 8.96. The van der Waals surface area contributed by atoms with E-state index in [-0.39, 0.29) is 11.8 Å². The van der Waals surface area contributed by atoms with Crippen LogP contribution in [0.2, 0.25) is 0 Å². The van der Waals surface area contributed by atoms with Gasteiger partial charge in [0.2, 0.25) is 0 Å². The van der Waals surface area contributed by atoms with E-state index in [4.69, 9.17) is 4.74 Å². The van der Waals surface area contributed by atoms with Crippen molar-refractivity contribution >= 4 is 0 Å². The third kappa shape index (κ3) is 3.61. The van der Waals surface area contributed by atoms with Gasteiger partial charge in [0.15, 0.2) is 0 Å². The van der Waals surface area contributed by atoms with Gasteiger partial charge in [-0.2, -0.15) is 0 Å². The smallest absolute Gasteiger partial charge is 0.406 e. The third-order valence-corrected chi connectivity index (χ3v) is 2.44. The molecule has 6 heteroatoms. The van der Waals surface area contributed by atoms with Gasteiger partial charge in [-0.25, -0.2) is 0 Å². The van der Waals surface area contributed by atoms with Crippen molar-refractivity contribution in [3.8, 4) is 5.75 Å². The van der Waals surface area contributed by atoms with Gasteiger partial charge in [0.25, 0.3) is 0 Å². The van der Waals surface area contributed by atoms with Gasteiger partial charge in [0.05, 0.1) is 19.3 Å². The number of nitrogens with one attached hydrogen (secondary N) is 1. The molecule has 1 aromatic carbocycles. The summed E-state index contributed by atoms with van der Waals surface area (Å²) in [7, 11) is 0. The first kappa shape index (κ1) is 12.2.